The number of aromatic nitrogens is 7. The molecule has 10 aromatic rings. The summed E-state index contributed by atoms with van der Waals surface area (Å²) in [5.41, 5.74) is 10.5. The van der Waals surface area contributed by atoms with Gasteiger partial charge < -0.3 is 14.2 Å². The number of para-hydroxylation sites is 5. The molecular weight excluding hydrogens is 963 g/mol. The van der Waals surface area contributed by atoms with Crippen molar-refractivity contribution in [2.24, 2.45) is 9.98 Å². The molecule has 14 rings (SSSR count). The summed E-state index contributed by atoms with van der Waals surface area (Å²) in [6.45, 7) is 20.3. The summed E-state index contributed by atoms with van der Waals surface area (Å²) < 4.78 is 29.4. The van der Waals surface area contributed by atoms with Gasteiger partial charge in [-0.2, -0.15) is 8.75 Å². The highest BCUT2D eigenvalue weighted by atomic mass is 32.1. The summed E-state index contributed by atoms with van der Waals surface area (Å²) in [6.07, 6.45) is 11.0. The molecule has 0 amide bonds. The zero-order chi connectivity index (χ0) is 52.9. The van der Waals surface area contributed by atoms with Crippen LogP contribution in [0, 0.1) is 13.8 Å². The van der Waals surface area contributed by atoms with E-state index in [1.54, 1.807) is 11.3 Å². The van der Waals surface area contributed by atoms with Crippen molar-refractivity contribution in [3.8, 4) is 11.5 Å². The molecule has 15 heteroatoms. The van der Waals surface area contributed by atoms with E-state index in [4.69, 9.17) is 14.2 Å². The van der Waals surface area contributed by atoms with E-state index in [1.807, 2.05) is 214 Å². The Morgan fingerprint density at radius 3 is 1.74 bits per heavy atom. The first-order chi connectivity index (χ1) is 36.3. The molecule has 0 spiro atoms. The topological polar surface area (TPSA) is 156 Å². The number of fused-ring (bicyclic) bond motifs is 7. The summed E-state index contributed by atoms with van der Waals surface area (Å²) in [4.78, 5) is 21.3. The molecule has 13 nitrogen and oxygen atoms in total. The van der Waals surface area contributed by atoms with Crippen LogP contribution in [0.2, 0.25) is 0 Å². The van der Waals surface area contributed by atoms with Crippen LogP contribution in [0.4, 0.5) is 5.69 Å². The Bertz CT molecular complexity index is 3160. The van der Waals surface area contributed by atoms with Crippen molar-refractivity contribution < 1.29 is 18.8 Å². The maximum absolute atomic E-state index is 5.42. The Morgan fingerprint density at radius 1 is 0.568 bits per heavy atom. The molecule has 0 saturated carbocycles. The van der Waals surface area contributed by atoms with Gasteiger partial charge in [0, 0.05) is 23.7 Å². The highest BCUT2D eigenvalue weighted by molar-refractivity contribution is 7.18. The number of thiazole rings is 1. The summed E-state index contributed by atoms with van der Waals surface area (Å²) in [6, 6.07) is 47.4. The molecule has 6 aromatic carbocycles. The first-order valence-electron chi connectivity index (χ1n) is 24.7. The molecule has 0 saturated heterocycles. The van der Waals surface area contributed by atoms with E-state index in [9.17, 15) is 0 Å². The lowest BCUT2D eigenvalue weighted by atomic mass is 10.1. The lowest BCUT2D eigenvalue weighted by molar-refractivity contribution is 0.0867. The van der Waals surface area contributed by atoms with Crippen LogP contribution in [0.1, 0.15) is 71.8 Å². The normalized spacial score (nSPS) is 14.2. The lowest BCUT2D eigenvalue weighted by Crippen LogP contribution is -2.16. The molecule has 0 N–H and O–H groups in total. The van der Waals surface area contributed by atoms with E-state index in [1.165, 1.54) is 27.7 Å². The third kappa shape index (κ3) is 17.7. The van der Waals surface area contributed by atoms with Crippen LogP contribution in [0.25, 0.3) is 43.2 Å². The number of ether oxygens (including phenoxy) is 3. The van der Waals surface area contributed by atoms with Crippen molar-refractivity contribution >= 4 is 83.4 Å². The molecule has 4 aromatic heterocycles. The smallest absolute Gasteiger partial charge is 0.231 e. The number of aliphatic imine (C=N–C) groups is 2. The van der Waals surface area contributed by atoms with E-state index in [0.717, 1.165) is 78.6 Å². The van der Waals surface area contributed by atoms with Crippen molar-refractivity contribution in [3.63, 3.8) is 0 Å². The van der Waals surface area contributed by atoms with Crippen LogP contribution in [-0.4, -0.2) is 64.6 Å². The van der Waals surface area contributed by atoms with Gasteiger partial charge in [0.25, 0.3) is 0 Å². The molecule has 382 valence electrons. The van der Waals surface area contributed by atoms with Gasteiger partial charge in [0.05, 0.1) is 43.9 Å². The predicted molar refractivity (Wildman–Crippen MR) is 307 cm³/mol. The fourth-order valence-electron chi connectivity index (χ4n) is 6.84. The van der Waals surface area contributed by atoms with Crippen molar-refractivity contribution in [2.75, 3.05) is 6.79 Å². The Balaban J connectivity index is 0.000000157. The van der Waals surface area contributed by atoms with Gasteiger partial charge in [-0.15, -0.1) is 11.3 Å². The summed E-state index contributed by atoms with van der Waals surface area (Å²) in [7, 11) is 0. The number of rotatable bonds is 0. The highest BCUT2D eigenvalue weighted by Crippen LogP contribution is 2.30. The van der Waals surface area contributed by atoms with E-state index in [2.05, 4.69) is 79.8 Å². The average molecular weight is 1030 g/mol. The second-order valence-electron chi connectivity index (χ2n) is 15.1. The van der Waals surface area contributed by atoms with Gasteiger partial charge in [-0.1, -0.05) is 139 Å². The molecule has 2 atom stereocenters. The fraction of sp³-hybridized carbons (Fsp3) is 0.237. The number of nitrogens with zero attached hydrogens (tertiary/aromatic N) is 9. The second-order valence-corrected chi connectivity index (χ2v) is 16.9. The van der Waals surface area contributed by atoms with E-state index < -0.39 is 0 Å². The summed E-state index contributed by atoms with van der Waals surface area (Å²) in [5, 5.41) is 9.50. The minimum absolute atomic E-state index is 0.0346. The van der Waals surface area contributed by atoms with Crippen LogP contribution in [0.15, 0.2) is 191 Å². The summed E-state index contributed by atoms with van der Waals surface area (Å²) >= 11 is 2.99. The molecule has 4 aliphatic rings. The number of hydrogen-bond acceptors (Lipinski definition) is 15. The molecule has 2 unspecified atom stereocenters. The molecule has 7 heterocycles. The van der Waals surface area contributed by atoms with Crippen LogP contribution in [0.3, 0.4) is 0 Å². The van der Waals surface area contributed by atoms with Crippen molar-refractivity contribution in [1.82, 2.24) is 34.0 Å². The van der Waals surface area contributed by atoms with E-state index >= 15 is 0 Å². The van der Waals surface area contributed by atoms with Gasteiger partial charge in [0.2, 0.25) is 6.79 Å². The molecule has 1 aliphatic carbocycles. The second kappa shape index (κ2) is 31.6. The van der Waals surface area contributed by atoms with Gasteiger partial charge in [0.1, 0.15) is 40.2 Å². The zero-order valence-electron chi connectivity index (χ0n) is 43.8. The molecule has 74 heavy (non-hydrogen) atoms. The largest absolute Gasteiger partial charge is 0.454 e. The van der Waals surface area contributed by atoms with E-state index in [-0.39, 0.29) is 12.3 Å². The van der Waals surface area contributed by atoms with Crippen LogP contribution in [0.5, 0.6) is 11.5 Å². The third-order valence-electron chi connectivity index (χ3n) is 9.99. The fourth-order valence-corrected chi connectivity index (χ4v) is 8.19. The number of aryl methyl sites for hydroxylation is 2. The predicted octanol–water partition coefficient (Wildman–Crippen LogP) is 15.6. The van der Waals surface area contributed by atoms with Gasteiger partial charge >= 0.3 is 0 Å². The Kier molecular flexibility index (Phi) is 24.3. The Labute approximate surface area is 442 Å². The Morgan fingerprint density at radius 2 is 1.12 bits per heavy atom. The van der Waals surface area contributed by atoms with Crippen molar-refractivity contribution in [1.29, 1.82) is 0 Å². The van der Waals surface area contributed by atoms with Crippen LogP contribution in [-0.2, 0) is 11.2 Å². The van der Waals surface area contributed by atoms with Crippen LogP contribution < -0.4 is 9.47 Å². The maximum atomic E-state index is 5.42. The van der Waals surface area contributed by atoms with Crippen molar-refractivity contribution in [3.05, 3.63) is 192 Å². The van der Waals surface area contributed by atoms with Gasteiger partial charge in [-0.3, -0.25) is 9.98 Å². The molecule has 0 radical (unpaired) electrons. The van der Waals surface area contributed by atoms with Gasteiger partial charge in [-0.05, 0) is 116 Å². The number of hydrogen-bond donors (Lipinski definition) is 0. The third-order valence-corrected chi connectivity index (χ3v) is 11.5. The van der Waals surface area contributed by atoms with Gasteiger partial charge in [0.15, 0.2) is 11.5 Å². The monoisotopic (exact) mass is 1030 g/mol. The molecule has 0 bridgehead atoms. The minimum Gasteiger partial charge on any atom is -0.454 e. The Hall–Kier alpha value is -7.85. The summed E-state index contributed by atoms with van der Waals surface area (Å²) in [5.74, 6) is 2.51. The first-order valence-corrected chi connectivity index (χ1v) is 26.3. The maximum Gasteiger partial charge on any atom is 0.231 e. The van der Waals surface area contributed by atoms with Gasteiger partial charge in [-0.25, -0.2) is 19.6 Å². The number of allylic oxidation sites excluding steroid dienone is 2. The molecule has 0 fully saturated rings. The minimum atomic E-state index is 0.0346. The van der Waals surface area contributed by atoms with Crippen LogP contribution >= 0.6 is 23.1 Å². The van der Waals surface area contributed by atoms with Crippen molar-refractivity contribution in [2.45, 2.75) is 88.0 Å². The number of benzene rings is 6. The quantitative estimate of drug-likeness (QED) is 0.142. The standard InChI is InChI=1S/C9H8N2.C9H9N.C8H9NO.C8H7NS.C7H6O2.C6H4N2O.C6H4N2S.3C2H6/c1-7-10-6-8-4-2-3-5-9(8)11-7;1-7-6-8-4-2-3-5-9(8)10-7;2*1-6-9-7-4-2-3-5-8(7)10-6;1-2-4-7-6(3-1)8-5-9-7;2*1-2-4-6-5(3-1)7-9-8-6;3*1-2/h2-6H,1H3;2-5H,6H2,1H3;2-6,8H,1H3;2-5H,1H3;1-4H,5H2;2*1-4H;3*1-2H3. The average Bonchev–Trinajstić information content (AvgIpc) is 4.34. The highest BCUT2D eigenvalue weighted by Gasteiger charge is 2.22. The zero-order valence-corrected chi connectivity index (χ0v) is 45.4. The van der Waals surface area contributed by atoms with E-state index in [0.29, 0.717) is 6.79 Å². The molecule has 3 aliphatic heterocycles. The lowest BCUT2D eigenvalue weighted by Gasteiger charge is -2.07. The first kappa shape index (κ1) is 57.1. The SMILES string of the molecule is CC.CC.CC.CC1=Nc2ccccc2C1.CC1N=C2C=CC=CC2O1.Cc1nc2ccccc2s1.Cc1ncc2ccccc2n1.c1ccc2c(c1)OCO2.c1ccc2nonc2c1.c1ccc2nsnc2c1. The molecular formula is C59H65N9O4S2.